The lowest BCUT2D eigenvalue weighted by Gasteiger charge is -2.04. The molecular weight excluding hydrogens is 809 g/mol. The van der Waals surface area contributed by atoms with Crippen LogP contribution in [0.15, 0.2) is 208 Å². The van der Waals surface area contributed by atoms with E-state index < -0.39 is 0 Å². The van der Waals surface area contributed by atoms with Crippen molar-refractivity contribution >= 4 is 58.8 Å². The van der Waals surface area contributed by atoms with Crippen LogP contribution in [0.4, 0.5) is 0 Å². The van der Waals surface area contributed by atoms with Crippen molar-refractivity contribution in [3.63, 3.8) is 0 Å². The SMILES string of the molecule is C.C.C.C.C=CCc1ccc([SiH2]C)cc1.C=CCc1ccc([SiH2]CCc2ccccc2)cc1.C=CCc1cccc([SiH2]C)c1.C=CCc1cccc([SiH2]CCc2ccccc2)c1. The molecule has 0 heterocycles. The van der Waals surface area contributed by atoms with Gasteiger partial charge in [0.2, 0.25) is 0 Å². The number of hydrogen-bond acceptors (Lipinski definition) is 0. The van der Waals surface area contributed by atoms with Crippen LogP contribution in [-0.4, -0.2) is 38.1 Å². The Bertz CT molecular complexity index is 2000. The average molecular weight is 894 g/mol. The van der Waals surface area contributed by atoms with Crippen LogP contribution in [0.5, 0.6) is 0 Å². The highest BCUT2D eigenvalue weighted by Crippen LogP contribution is 2.05. The van der Waals surface area contributed by atoms with E-state index in [1.807, 2.05) is 24.3 Å². The summed E-state index contributed by atoms with van der Waals surface area (Å²) in [7, 11) is -0.185. The van der Waals surface area contributed by atoms with Crippen LogP contribution in [0.25, 0.3) is 0 Å². The molecular formula is C58H84Si4. The van der Waals surface area contributed by atoms with E-state index in [9.17, 15) is 0 Å². The second-order valence-corrected chi connectivity index (χ2v) is 21.7. The molecule has 0 bridgehead atoms. The van der Waals surface area contributed by atoms with E-state index >= 15 is 0 Å². The summed E-state index contributed by atoms with van der Waals surface area (Å²) in [5.41, 5.74) is 8.46. The normalized spacial score (nSPS) is 10.1. The molecule has 0 fully saturated rings. The fourth-order valence-corrected chi connectivity index (χ4v) is 11.4. The quantitative estimate of drug-likeness (QED) is 0.0596. The first-order valence-electron chi connectivity index (χ1n) is 21.3. The highest BCUT2D eigenvalue weighted by Gasteiger charge is 1.99. The summed E-state index contributed by atoms with van der Waals surface area (Å²) in [6, 6.07) is 60.1. The third-order valence-electron chi connectivity index (χ3n) is 9.91. The topological polar surface area (TPSA) is 0 Å². The molecule has 0 spiro atoms. The average Bonchev–Trinajstić information content (AvgIpc) is 3.27. The monoisotopic (exact) mass is 893 g/mol. The first-order chi connectivity index (χ1) is 28.5. The molecule has 0 N–H and O–H groups in total. The summed E-state index contributed by atoms with van der Waals surface area (Å²) in [6.45, 7) is 19.6. The number of aryl methyl sites for hydroxylation is 2. The molecule has 0 radical (unpaired) electrons. The van der Waals surface area contributed by atoms with Gasteiger partial charge in [0.05, 0.1) is 38.1 Å². The lowest BCUT2D eigenvalue weighted by Crippen LogP contribution is -2.14. The zero-order valence-electron chi connectivity index (χ0n) is 35.6. The van der Waals surface area contributed by atoms with Gasteiger partial charge in [0.1, 0.15) is 0 Å². The van der Waals surface area contributed by atoms with Crippen molar-refractivity contribution in [3.8, 4) is 0 Å². The third kappa shape index (κ3) is 25.8. The third-order valence-corrected chi connectivity index (χ3v) is 15.9. The maximum atomic E-state index is 3.80. The van der Waals surface area contributed by atoms with Crippen LogP contribution in [0.2, 0.25) is 25.2 Å². The van der Waals surface area contributed by atoms with Crippen molar-refractivity contribution in [1.29, 1.82) is 0 Å². The Morgan fingerprint density at radius 2 is 0.677 bits per heavy atom. The number of hydrogen-bond donors (Lipinski definition) is 0. The Kier molecular flexibility index (Phi) is 36.2. The van der Waals surface area contributed by atoms with Crippen LogP contribution < -0.4 is 20.7 Å². The van der Waals surface area contributed by atoms with Crippen LogP contribution in [0, 0.1) is 0 Å². The molecule has 0 nitrogen and oxygen atoms in total. The molecule has 6 aromatic rings. The van der Waals surface area contributed by atoms with Crippen molar-refractivity contribution in [3.05, 3.63) is 242 Å². The van der Waals surface area contributed by atoms with E-state index in [1.165, 1.54) is 63.5 Å². The molecule has 0 atom stereocenters. The van der Waals surface area contributed by atoms with E-state index in [2.05, 4.69) is 197 Å². The van der Waals surface area contributed by atoms with Gasteiger partial charge >= 0.3 is 0 Å². The van der Waals surface area contributed by atoms with E-state index in [-0.39, 0.29) is 67.8 Å². The van der Waals surface area contributed by atoms with Gasteiger partial charge in [-0.1, -0.05) is 258 Å². The van der Waals surface area contributed by atoms with Crippen LogP contribution >= 0.6 is 0 Å². The molecule has 0 unspecified atom stereocenters. The molecule has 0 aliphatic carbocycles. The van der Waals surface area contributed by atoms with Crippen LogP contribution in [0.3, 0.4) is 0 Å². The first-order valence-corrected chi connectivity index (χ1v) is 29.0. The maximum absolute atomic E-state index is 3.80. The summed E-state index contributed by atoms with van der Waals surface area (Å²) in [6.07, 6.45) is 14.2. The molecule has 6 aromatic carbocycles. The number of rotatable bonds is 18. The van der Waals surface area contributed by atoms with Crippen molar-refractivity contribution in [2.45, 2.75) is 93.4 Å². The van der Waals surface area contributed by atoms with Crippen LogP contribution in [0.1, 0.15) is 63.1 Å². The molecule has 0 saturated heterocycles. The molecule has 0 amide bonds. The maximum Gasteiger partial charge on any atom is 0.0550 e. The highest BCUT2D eigenvalue weighted by molar-refractivity contribution is 6.54. The number of allylic oxidation sites excluding steroid dienone is 4. The van der Waals surface area contributed by atoms with E-state index in [0.29, 0.717) is 0 Å². The molecule has 0 aromatic heterocycles. The summed E-state index contributed by atoms with van der Waals surface area (Å²) in [5.74, 6) is 0. The smallest absolute Gasteiger partial charge is 0.0550 e. The van der Waals surface area contributed by atoms with Gasteiger partial charge in [0.15, 0.2) is 0 Å². The lowest BCUT2D eigenvalue weighted by molar-refractivity contribution is 1.13. The summed E-state index contributed by atoms with van der Waals surface area (Å²) >= 11 is 0. The Morgan fingerprint density at radius 1 is 0.339 bits per heavy atom. The van der Waals surface area contributed by atoms with Gasteiger partial charge in [-0.05, 0) is 71.9 Å². The van der Waals surface area contributed by atoms with Crippen LogP contribution in [-0.2, 0) is 38.5 Å². The van der Waals surface area contributed by atoms with Crippen molar-refractivity contribution < 1.29 is 0 Å². The van der Waals surface area contributed by atoms with E-state index in [0.717, 1.165) is 25.7 Å². The Labute approximate surface area is 391 Å². The molecule has 6 rings (SSSR count). The Hall–Kier alpha value is -4.85. The summed E-state index contributed by atoms with van der Waals surface area (Å²) in [4.78, 5) is 0. The zero-order valence-corrected chi connectivity index (χ0v) is 41.3. The van der Waals surface area contributed by atoms with E-state index in [1.54, 1.807) is 15.6 Å². The Morgan fingerprint density at radius 3 is 1.08 bits per heavy atom. The summed E-state index contributed by atoms with van der Waals surface area (Å²) in [5, 5.41) is 6.23. The zero-order chi connectivity index (χ0) is 41.5. The van der Waals surface area contributed by atoms with E-state index in [4.69, 9.17) is 0 Å². The predicted molar refractivity (Wildman–Crippen MR) is 303 cm³/mol. The first kappa shape index (κ1) is 59.2. The molecule has 332 valence electrons. The van der Waals surface area contributed by atoms with Gasteiger partial charge in [0.25, 0.3) is 0 Å². The van der Waals surface area contributed by atoms with Crippen molar-refractivity contribution in [2.24, 2.45) is 0 Å². The standard InChI is InChI=1S/2C17H20Si.2C10H14Si.4CH4/c1-2-7-16-10-6-11-17(14-16)18-13-12-15-8-4-3-5-9-15;1-2-6-15-9-11-17(12-10-15)18-14-13-16-7-4-3-5-8-16;1-3-5-9-6-4-7-10(8-9)11-2;1-3-4-9-5-7-10(11-2)8-6-9;;;;/h2-6,8-11,14H,1,7,12-13,18H2;2-5,7-12H,1,6,13-14,18H2;3-4,6-8H,1,5,11H2,2H3;3,5-8H,1,4,11H2,2H3;4*1H4. The van der Waals surface area contributed by atoms with Crippen molar-refractivity contribution in [2.75, 3.05) is 0 Å². The largest absolute Gasteiger partial charge is 0.103 e. The fourth-order valence-electron chi connectivity index (χ4n) is 6.59. The number of benzene rings is 6. The molecule has 0 aliphatic rings. The summed E-state index contributed by atoms with van der Waals surface area (Å²) < 4.78 is 0. The molecule has 0 saturated carbocycles. The molecule has 0 aliphatic heterocycles. The fraction of sp³-hybridized carbons (Fsp3) is 0.241. The minimum atomic E-state index is -0.128. The molecule has 62 heavy (non-hydrogen) atoms. The Balaban J connectivity index is 0. The van der Waals surface area contributed by atoms with Gasteiger partial charge in [-0.3, -0.25) is 0 Å². The minimum absolute atomic E-state index is 0. The minimum Gasteiger partial charge on any atom is -0.103 e. The highest BCUT2D eigenvalue weighted by atomic mass is 28.2. The van der Waals surface area contributed by atoms with Crippen molar-refractivity contribution in [1.82, 2.24) is 0 Å². The lowest BCUT2D eigenvalue weighted by atomic mass is 10.1. The van der Waals surface area contributed by atoms with Gasteiger partial charge in [0, 0.05) is 0 Å². The van der Waals surface area contributed by atoms with Gasteiger partial charge < -0.3 is 0 Å². The van der Waals surface area contributed by atoms with Gasteiger partial charge in [-0.25, -0.2) is 0 Å². The molecule has 4 heteroatoms. The predicted octanol–water partition coefficient (Wildman–Crippen LogP) is 10.8. The second kappa shape index (κ2) is 37.9. The second-order valence-electron chi connectivity index (χ2n) is 14.6. The van der Waals surface area contributed by atoms with Gasteiger partial charge in [-0.2, -0.15) is 0 Å². The van der Waals surface area contributed by atoms with Gasteiger partial charge in [-0.15, -0.1) is 26.3 Å².